The second kappa shape index (κ2) is 8.31. The van der Waals surface area contributed by atoms with Gasteiger partial charge in [0.15, 0.2) is 11.8 Å². The molecule has 1 atom stereocenters. The number of fused-ring (bicyclic) bond motifs is 1. The molecule has 1 aliphatic rings. The second-order valence-electron chi connectivity index (χ2n) is 7.56. The van der Waals surface area contributed by atoms with Crippen molar-refractivity contribution in [3.63, 3.8) is 0 Å². The molecule has 0 radical (unpaired) electrons. The summed E-state index contributed by atoms with van der Waals surface area (Å²) in [6.45, 7) is 0.378. The Hall–Kier alpha value is -2.53. The molecular weight excluding hydrogens is 459 g/mol. The van der Waals surface area contributed by atoms with Gasteiger partial charge in [0.05, 0.1) is 35.7 Å². The van der Waals surface area contributed by atoms with Gasteiger partial charge < -0.3 is 15.9 Å². The van der Waals surface area contributed by atoms with Crippen LogP contribution < -0.4 is 5.73 Å². The molecule has 30 heavy (non-hydrogen) atoms. The van der Waals surface area contributed by atoms with Crippen molar-refractivity contribution < 1.29 is 19.4 Å². The van der Waals surface area contributed by atoms with Crippen LogP contribution >= 0.6 is 15.9 Å². The zero-order valence-electron chi connectivity index (χ0n) is 16.1. The van der Waals surface area contributed by atoms with E-state index in [-0.39, 0.29) is 12.5 Å². The largest absolute Gasteiger partial charge is 0.479 e. The van der Waals surface area contributed by atoms with Crippen LogP contribution in [-0.4, -0.2) is 53.3 Å². The molecule has 0 spiro atoms. The van der Waals surface area contributed by atoms with Gasteiger partial charge in [-0.25, -0.2) is 14.2 Å². The quantitative estimate of drug-likeness (QED) is 0.493. The molecule has 0 aliphatic heterocycles. The van der Waals surface area contributed by atoms with Gasteiger partial charge in [-0.15, -0.1) is 0 Å². The van der Waals surface area contributed by atoms with E-state index in [9.17, 15) is 9.18 Å². The molecule has 1 fully saturated rings. The summed E-state index contributed by atoms with van der Waals surface area (Å²) < 4.78 is 17.7. The van der Waals surface area contributed by atoms with E-state index in [0.717, 1.165) is 16.8 Å². The summed E-state index contributed by atoms with van der Waals surface area (Å²) in [6, 6.07) is 0. The number of carboxylic acid groups (broad SMARTS) is 1. The highest BCUT2D eigenvalue weighted by Gasteiger charge is 2.34. The van der Waals surface area contributed by atoms with Crippen molar-refractivity contribution in [2.24, 2.45) is 5.92 Å². The molecule has 0 aromatic carbocycles. The van der Waals surface area contributed by atoms with E-state index < -0.39 is 18.1 Å². The molecule has 0 amide bonds. The predicted molar refractivity (Wildman–Crippen MR) is 111 cm³/mol. The molecule has 0 bridgehead atoms. The molecule has 0 saturated heterocycles. The number of alkyl halides is 1. The van der Waals surface area contributed by atoms with Crippen LogP contribution in [0.1, 0.15) is 37.3 Å². The third kappa shape index (κ3) is 3.67. The monoisotopic (exact) mass is 480 g/mol. The molecule has 9 nitrogen and oxygen atoms in total. The zero-order valence-corrected chi connectivity index (χ0v) is 17.7. The Kier molecular flexibility index (Phi) is 5.74. The molecule has 1 saturated carbocycles. The molecule has 4 rings (SSSR count). The summed E-state index contributed by atoms with van der Waals surface area (Å²) in [5.41, 5.74) is 9.24. The fraction of sp³-hybridized carbons (Fsp3) is 0.474. The van der Waals surface area contributed by atoms with Crippen LogP contribution in [0.15, 0.2) is 23.1 Å². The van der Waals surface area contributed by atoms with E-state index in [4.69, 9.17) is 20.9 Å². The Balaban J connectivity index is 1.66. The summed E-state index contributed by atoms with van der Waals surface area (Å²) in [4.78, 5) is 15.8. The predicted octanol–water partition coefficient (Wildman–Crippen LogP) is 2.63. The van der Waals surface area contributed by atoms with Gasteiger partial charge in [0.1, 0.15) is 5.82 Å². The summed E-state index contributed by atoms with van der Waals surface area (Å²) in [5.74, 6) is -1.40. The first-order valence-electron chi connectivity index (χ1n) is 9.73. The molecule has 1 unspecified atom stereocenters. The Morgan fingerprint density at radius 3 is 2.70 bits per heavy atom. The van der Waals surface area contributed by atoms with E-state index in [0.29, 0.717) is 48.2 Å². The topological polar surface area (TPSA) is 132 Å². The van der Waals surface area contributed by atoms with Crippen LogP contribution in [0.3, 0.4) is 0 Å². The van der Waals surface area contributed by atoms with Gasteiger partial charge >= 0.3 is 5.97 Å². The van der Waals surface area contributed by atoms with Crippen LogP contribution in [0.25, 0.3) is 16.8 Å². The minimum Gasteiger partial charge on any atom is -0.479 e. The number of aliphatic carboxylic acids is 1. The van der Waals surface area contributed by atoms with Gasteiger partial charge in [-0.05, 0) is 41.6 Å². The number of aromatic nitrogens is 5. The summed E-state index contributed by atoms with van der Waals surface area (Å²) in [7, 11) is 0. The summed E-state index contributed by atoms with van der Waals surface area (Å²) in [5, 5.41) is 26.6. The average molecular weight is 481 g/mol. The van der Waals surface area contributed by atoms with E-state index in [1.54, 1.807) is 21.6 Å². The SMILES string of the molecule is Nc1c(Br)c([C@H]2CC[C@@H](C(F)C(=O)O)CC2)nc2c(-c3cnn(CCO)c3)cnn12. The van der Waals surface area contributed by atoms with Crippen molar-refractivity contribution in [1.29, 1.82) is 0 Å². The van der Waals surface area contributed by atoms with E-state index in [2.05, 4.69) is 26.1 Å². The Morgan fingerprint density at radius 2 is 2.03 bits per heavy atom. The lowest BCUT2D eigenvalue weighted by Gasteiger charge is -2.29. The number of rotatable bonds is 6. The average Bonchev–Trinajstić information content (AvgIpc) is 3.37. The first kappa shape index (κ1) is 20.7. The first-order chi connectivity index (χ1) is 14.4. The number of carbonyl (C=O) groups is 1. The lowest BCUT2D eigenvalue weighted by atomic mass is 9.78. The lowest BCUT2D eigenvalue weighted by molar-refractivity contribution is -0.145. The van der Waals surface area contributed by atoms with Crippen molar-refractivity contribution in [2.75, 3.05) is 12.3 Å². The van der Waals surface area contributed by atoms with E-state index >= 15 is 0 Å². The molecule has 3 aromatic heterocycles. The highest BCUT2D eigenvalue weighted by atomic mass is 79.9. The first-order valence-corrected chi connectivity index (χ1v) is 10.5. The van der Waals surface area contributed by atoms with Crippen LogP contribution in [0, 0.1) is 5.92 Å². The minimum atomic E-state index is -1.83. The summed E-state index contributed by atoms with van der Waals surface area (Å²) >= 11 is 3.53. The fourth-order valence-corrected chi connectivity index (χ4v) is 4.68. The number of carboxylic acids is 1. The van der Waals surface area contributed by atoms with Gasteiger partial charge in [0, 0.05) is 29.2 Å². The van der Waals surface area contributed by atoms with Gasteiger partial charge in [-0.2, -0.15) is 14.7 Å². The van der Waals surface area contributed by atoms with E-state index in [1.807, 2.05) is 6.20 Å². The minimum absolute atomic E-state index is 0.0114. The highest BCUT2D eigenvalue weighted by molar-refractivity contribution is 9.10. The number of nitrogens with two attached hydrogens (primary N) is 1. The van der Waals surface area contributed by atoms with Gasteiger partial charge in [-0.3, -0.25) is 4.68 Å². The van der Waals surface area contributed by atoms with Crippen molar-refractivity contribution in [1.82, 2.24) is 24.4 Å². The highest BCUT2D eigenvalue weighted by Crippen LogP contribution is 2.41. The molecule has 11 heteroatoms. The number of anilines is 1. The number of aliphatic hydroxyl groups excluding tert-OH is 1. The third-order valence-corrected chi connectivity index (χ3v) is 6.54. The van der Waals surface area contributed by atoms with Crippen LogP contribution in [-0.2, 0) is 11.3 Å². The van der Waals surface area contributed by atoms with Crippen LogP contribution in [0.2, 0.25) is 0 Å². The number of nitrogen functional groups attached to an aromatic ring is 1. The maximum Gasteiger partial charge on any atom is 0.338 e. The normalized spacial score (nSPS) is 20.5. The molecular formula is C19H22BrFN6O3. The number of aliphatic hydroxyl groups is 1. The van der Waals surface area contributed by atoms with Crippen molar-refractivity contribution >= 4 is 33.4 Å². The number of hydrogen-bond acceptors (Lipinski definition) is 6. The van der Waals surface area contributed by atoms with Gasteiger partial charge in [0.2, 0.25) is 0 Å². The van der Waals surface area contributed by atoms with Crippen molar-refractivity contribution in [2.45, 2.75) is 44.3 Å². The number of halogens is 2. The molecule has 3 aromatic rings. The van der Waals surface area contributed by atoms with Crippen molar-refractivity contribution in [3.05, 3.63) is 28.8 Å². The van der Waals surface area contributed by atoms with Crippen LogP contribution in [0.4, 0.5) is 10.2 Å². The number of nitrogens with zero attached hydrogens (tertiary/aromatic N) is 5. The number of hydrogen-bond donors (Lipinski definition) is 3. The lowest BCUT2D eigenvalue weighted by Crippen LogP contribution is -2.28. The van der Waals surface area contributed by atoms with Crippen LogP contribution in [0.5, 0.6) is 0 Å². The Morgan fingerprint density at radius 1 is 1.30 bits per heavy atom. The third-order valence-electron chi connectivity index (χ3n) is 5.73. The zero-order chi connectivity index (χ0) is 21.4. The Labute approximate surface area is 179 Å². The van der Waals surface area contributed by atoms with Gasteiger partial charge in [0.25, 0.3) is 0 Å². The molecule has 1 aliphatic carbocycles. The summed E-state index contributed by atoms with van der Waals surface area (Å²) in [6.07, 6.45) is 5.58. The Bertz CT molecular complexity index is 1080. The maximum atomic E-state index is 13.9. The molecule has 160 valence electrons. The van der Waals surface area contributed by atoms with E-state index in [1.165, 1.54) is 0 Å². The fourth-order valence-electron chi connectivity index (χ4n) is 4.10. The maximum absolute atomic E-state index is 13.9. The molecule has 4 N–H and O–H groups in total. The smallest absolute Gasteiger partial charge is 0.338 e. The molecule has 3 heterocycles. The van der Waals surface area contributed by atoms with Crippen molar-refractivity contribution in [3.8, 4) is 11.1 Å². The second-order valence-corrected chi connectivity index (χ2v) is 8.35. The standard InChI is InChI=1S/C19H22BrFN6O3/c20-14-16(11-3-1-10(2-4-11)15(21)19(29)30)25-18-13(8-24-27(18)17(14)22)12-7-23-26(9-12)5-6-28/h7-11,15,28H,1-6,22H2,(H,29,30)/t10-,11+,15?. The van der Waals surface area contributed by atoms with Gasteiger partial charge in [-0.1, -0.05) is 0 Å².